The number of nitrogens with two attached hydrogens (primary N) is 1. The van der Waals surface area contributed by atoms with Gasteiger partial charge in [0.15, 0.2) is 0 Å². The van der Waals surface area contributed by atoms with Crippen LogP contribution >= 0.6 is 0 Å². The lowest BCUT2D eigenvalue weighted by atomic mass is 9.94. The van der Waals surface area contributed by atoms with Crippen molar-refractivity contribution in [3.63, 3.8) is 0 Å². The highest BCUT2D eigenvalue weighted by molar-refractivity contribution is 5.48. The number of rotatable bonds is 3. The van der Waals surface area contributed by atoms with Gasteiger partial charge in [-0.2, -0.15) is 0 Å². The number of aromatic nitrogens is 1. The molecule has 0 aliphatic heterocycles. The topological polar surface area (TPSA) is 42.1 Å². The summed E-state index contributed by atoms with van der Waals surface area (Å²) in [6.45, 7) is 2.02. The molecule has 2 N–H and O–H groups in total. The van der Waals surface area contributed by atoms with Crippen LogP contribution in [0.4, 0.5) is 5.82 Å². The molecule has 0 spiro atoms. The van der Waals surface area contributed by atoms with Gasteiger partial charge in [0, 0.05) is 30.9 Å². The second kappa shape index (κ2) is 5.50. The minimum absolute atomic E-state index is 0.0461. The Morgan fingerprint density at radius 2 is 2.06 bits per heavy atom. The van der Waals surface area contributed by atoms with Crippen LogP contribution in [-0.4, -0.2) is 18.1 Å². The molecule has 17 heavy (non-hydrogen) atoms. The summed E-state index contributed by atoms with van der Waals surface area (Å²) in [5.74, 6) is 1.06. The summed E-state index contributed by atoms with van der Waals surface area (Å²) in [4.78, 5) is 6.85. The lowest BCUT2D eigenvalue weighted by molar-refractivity contribution is 0.425. The molecule has 1 aliphatic rings. The fourth-order valence-electron chi connectivity index (χ4n) is 2.70. The lowest BCUT2D eigenvalue weighted by Crippen LogP contribution is -2.35. The van der Waals surface area contributed by atoms with Gasteiger partial charge >= 0.3 is 0 Å². The fourth-order valence-corrected chi connectivity index (χ4v) is 2.70. The van der Waals surface area contributed by atoms with Gasteiger partial charge in [0.25, 0.3) is 0 Å². The van der Waals surface area contributed by atoms with Gasteiger partial charge in [0.2, 0.25) is 0 Å². The molecule has 1 saturated carbocycles. The highest BCUT2D eigenvalue weighted by Crippen LogP contribution is 2.28. The van der Waals surface area contributed by atoms with E-state index in [0.29, 0.717) is 6.04 Å². The van der Waals surface area contributed by atoms with E-state index >= 15 is 0 Å². The van der Waals surface area contributed by atoms with Crippen LogP contribution in [0, 0.1) is 0 Å². The maximum absolute atomic E-state index is 6.02. The van der Waals surface area contributed by atoms with Crippen LogP contribution in [0.15, 0.2) is 18.3 Å². The zero-order valence-electron chi connectivity index (χ0n) is 10.9. The fraction of sp³-hybridized carbons (Fsp3) is 0.643. The molecule has 1 aromatic rings. The Morgan fingerprint density at radius 1 is 1.35 bits per heavy atom. The maximum atomic E-state index is 6.02. The quantitative estimate of drug-likeness (QED) is 0.873. The number of hydrogen-bond acceptors (Lipinski definition) is 3. The Kier molecular flexibility index (Phi) is 4.00. The highest BCUT2D eigenvalue weighted by atomic mass is 15.2. The van der Waals surface area contributed by atoms with Gasteiger partial charge < -0.3 is 10.6 Å². The number of hydrogen-bond donors (Lipinski definition) is 1. The van der Waals surface area contributed by atoms with E-state index in [0.717, 1.165) is 11.4 Å². The van der Waals surface area contributed by atoms with E-state index in [9.17, 15) is 0 Å². The second-order valence-electron chi connectivity index (χ2n) is 5.11. The molecule has 0 aromatic carbocycles. The molecule has 3 nitrogen and oxygen atoms in total. The first-order chi connectivity index (χ1) is 8.20. The van der Waals surface area contributed by atoms with E-state index in [1.54, 1.807) is 0 Å². The van der Waals surface area contributed by atoms with Crippen molar-refractivity contribution in [3.05, 3.63) is 23.9 Å². The van der Waals surface area contributed by atoms with Crippen LogP contribution < -0.4 is 10.6 Å². The number of anilines is 1. The molecule has 94 valence electrons. The molecule has 1 fully saturated rings. The van der Waals surface area contributed by atoms with Crippen molar-refractivity contribution in [2.24, 2.45) is 5.73 Å². The van der Waals surface area contributed by atoms with Crippen molar-refractivity contribution in [2.75, 3.05) is 11.9 Å². The first-order valence-corrected chi connectivity index (χ1v) is 6.63. The molecule has 1 aromatic heterocycles. The maximum Gasteiger partial charge on any atom is 0.133 e. The normalized spacial score (nSPS) is 19.0. The van der Waals surface area contributed by atoms with Crippen molar-refractivity contribution in [1.29, 1.82) is 0 Å². The molecule has 0 unspecified atom stereocenters. The van der Waals surface area contributed by atoms with Crippen LogP contribution in [0.25, 0.3) is 0 Å². The summed E-state index contributed by atoms with van der Waals surface area (Å²) in [7, 11) is 2.16. The molecule has 0 bridgehead atoms. The highest BCUT2D eigenvalue weighted by Gasteiger charge is 2.21. The van der Waals surface area contributed by atoms with Gasteiger partial charge in [0.1, 0.15) is 5.82 Å². The smallest absolute Gasteiger partial charge is 0.133 e. The van der Waals surface area contributed by atoms with E-state index in [4.69, 9.17) is 5.73 Å². The van der Waals surface area contributed by atoms with Gasteiger partial charge in [-0.3, -0.25) is 0 Å². The molecule has 1 atom stereocenters. The second-order valence-corrected chi connectivity index (χ2v) is 5.11. The molecular weight excluding hydrogens is 210 g/mol. The minimum atomic E-state index is 0.0461. The molecular formula is C14H23N3. The van der Waals surface area contributed by atoms with Crippen LogP contribution in [0.1, 0.15) is 50.6 Å². The third-order valence-corrected chi connectivity index (χ3v) is 3.76. The van der Waals surface area contributed by atoms with Crippen LogP contribution in [0.3, 0.4) is 0 Å². The molecule has 0 saturated heterocycles. The summed E-state index contributed by atoms with van der Waals surface area (Å²) in [6, 6.07) is 4.74. The summed E-state index contributed by atoms with van der Waals surface area (Å²) < 4.78 is 0. The predicted molar refractivity (Wildman–Crippen MR) is 72.1 cm³/mol. The molecule has 2 rings (SSSR count). The minimum Gasteiger partial charge on any atom is -0.356 e. The Balaban J connectivity index is 2.20. The Morgan fingerprint density at radius 3 is 2.71 bits per heavy atom. The number of pyridine rings is 1. The summed E-state index contributed by atoms with van der Waals surface area (Å²) in [5, 5.41) is 0. The largest absolute Gasteiger partial charge is 0.356 e. The predicted octanol–water partition coefficient (Wildman–Crippen LogP) is 2.87. The molecule has 3 heteroatoms. The van der Waals surface area contributed by atoms with Crippen molar-refractivity contribution in [1.82, 2.24) is 4.98 Å². The SMILES string of the molecule is C[C@@H](N)c1cccnc1N(C)C1CCCCC1. The third-order valence-electron chi connectivity index (χ3n) is 3.76. The summed E-state index contributed by atoms with van der Waals surface area (Å²) >= 11 is 0. The van der Waals surface area contributed by atoms with Crippen molar-refractivity contribution < 1.29 is 0 Å². The average molecular weight is 233 g/mol. The van der Waals surface area contributed by atoms with Crippen molar-refractivity contribution >= 4 is 5.82 Å². The van der Waals surface area contributed by atoms with Gasteiger partial charge in [-0.25, -0.2) is 4.98 Å². The molecule has 1 heterocycles. The monoisotopic (exact) mass is 233 g/mol. The van der Waals surface area contributed by atoms with Gasteiger partial charge in [-0.05, 0) is 25.8 Å². The van der Waals surface area contributed by atoms with Crippen LogP contribution in [0.5, 0.6) is 0 Å². The average Bonchev–Trinajstić information content (AvgIpc) is 2.39. The molecule has 1 aliphatic carbocycles. The Bertz CT molecular complexity index is 356. The third kappa shape index (κ3) is 2.78. The first-order valence-electron chi connectivity index (χ1n) is 6.63. The van der Waals surface area contributed by atoms with Crippen LogP contribution in [0.2, 0.25) is 0 Å². The van der Waals surface area contributed by atoms with E-state index in [-0.39, 0.29) is 6.04 Å². The zero-order valence-corrected chi connectivity index (χ0v) is 10.9. The van der Waals surface area contributed by atoms with Crippen molar-refractivity contribution in [2.45, 2.75) is 51.1 Å². The molecule has 0 amide bonds. The van der Waals surface area contributed by atoms with Gasteiger partial charge in [-0.1, -0.05) is 25.3 Å². The van der Waals surface area contributed by atoms with Gasteiger partial charge in [-0.15, -0.1) is 0 Å². The van der Waals surface area contributed by atoms with E-state index < -0.39 is 0 Å². The molecule has 0 radical (unpaired) electrons. The number of nitrogens with zero attached hydrogens (tertiary/aromatic N) is 2. The summed E-state index contributed by atoms with van der Waals surface area (Å²) in [5.41, 5.74) is 7.17. The van der Waals surface area contributed by atoms with E-state index in [1.165, 1.54) is 32.1 Å². The zero-order chi connectivity index (χ0) is 12.3. The van der Waals surface area contributed by atoms with Crippen LogP contribution in [-0.2, 0) is 0 Å². The van der Waals surface area contributed by atoms with E-state index in [2.05, 4.69) is 23.0 Å². The van der Waals surface area contributed by atoms with E-state index in [1.807, 2.05) is 19.2 Å². The van der Waals surface area contributed by atoms with Gasteiger partial charge in [0.05, 0.1) is 0 Å². The Hall–Kier alpha value is -1.09. The Labute approximate surface area is 104 Å². The standard InChI is InChI=1S/C14H23N3/c1-11(15)13-9-6-10-16-14(13)17(2)12-7-4-3-5-8-12/h6,9-12H,3-5,7-8,15H2,1-2H3/t11-/m1/s1. The summed E-state index contributed by atoms with van der Waals surface area (Å²) in [6.07, 6.45) is 8.49. The lowest BCUT2D eigenvalue weighted by Gasteiger charge is -2.33. The van der Waals surface area contributed by atoms with Crippen molar-refractivity contribution in [3.8, 4) is 0 Å². The first kappa shape index (κ1) is 12.4.